The summed E-state index contributed by atoms with van der Waals surface area (Å²) < 4.78 is 7.03. The number of ether oxygens (including phenoxy) is 1. The van der Waals surface area contributed by atoms with E-state index in [-0.39, 0.29) is 5.69 Å². The summed E-state index contributed by atoms with van der Waals surface area (Å²) in [5.74, 6) is 0.446. The summed E-state index contributed by atoms with van der Waals surface area (Å²) >= 11 is 0. The van der Waals surface area contributed by atoms with Crippen LogP contribution in [0.4, 0.5) is 0 Å². The van der Waals surface area contributed by atoms with Crippen molar-refractivity contribution in [2.75, 3.05) is 13.7 Å². The minimum atomic E-state index is -1.00. The van der Waals surface area contributed by atoms with Crippen LogP contribution in [0.2, 0.25) is 0 Å². The smallest absolute Gasteiger partial charge is 0.356 e. The van der Waals surface area contributed by atoms with Crippen molar-refractivity contribution in [1.29, 1.82) is 0 Å². The molecule has 0 aromatic carbocycles. The standard InChI is InChI=1S/C14H17N3O3/c1-20-10-4-5-11-13(14(18)19)16-12(17(11)8-10)7-9-3-2-6-15-9/h4-5,8-9,15H,2-3,6-7H2,1H3,(H,18,19). The number of hydrogen-bond donors (Lipinski definition) is 2. The lowest BCUT2D eigenvalue weighted by molar-refractivity contribution is 0.0693. The molecule has 1 unspecified atom stereocenters. The van der Waals surface area contributed by atoms with Gasteiger partial charge in [0.2, 0.25) is 0 Å². The van der Waals surface area contributed by atoms with Gasteiger partial charge in [-0.3, -0.25) is 4.40 Å². The maximum Gasteiger partial charge on any atom is 0.356 e. The summed E-state index contributed by atoms with van der Waals surface area (Å²) in [5.41, 5.74) is 0.701. The highest BCUT2D eigenvalue weighted by molar-refractivity contribution is 5.93. The number of pyridine rings is 1. The van der Waals surface area contributed by atoms with Gasteiger partial charge in [0, 0.05) is 12.5 Å². The molecule has 2 N–H and O–H groups in total. The Kier molecular flexibility index (Phi) is 3.31. The molecular weight excluding hydrogens is 258 g/mol. The first-order valence-corrected chi connectivity index (χ1v) is 6.70. The number of aromatic carboxylic acids is 1. The highest BCUT2D eigenvalue weighted by Gasteiger charge is 2.21. The first-order valence-electron chi connectivity index (χ1n) is 6.70. The summed E-state index contributed by atoms with van der Waals surface area (Å²) in [6, 6.07) is 3.86. The van der Waals surface area contributed by atoms with E-state index in [2.05, 4.69) is 10.3 Å². The Morgan fingerprint density at radius 2 is 2.45 bits per heavy atom. The number of carboxylic acids is 1. The highest BCUT2D eigenvalue weighted by Crippen LogP contribution is 2.21. The number of carbonyl (C=O) groups is 1. The Hall–Kier alpha value is -2.08. The zero-order valence-electron chi connectivity index (χ0n) is 11.3. The second-order valence-corrected chi connectivity index (χ2v) is 5.00. The largest absolute Gasteiger partial charge is 0.495 e. The van der Waals surface area contributed by atoms with Crippen LogP contribution in [0.5, 0.6) is 5.75 Å². The maximum atomic E-state index is 11.3. The van der Waals surface area contributed by atoms with Crippen LogP contribution in [0.15, 0.2) is 18.3 Å². The summed E-state index contributed by atoms with van der Waals surface area (Å²) in [4.78, 5) is 15.6. The van der Waals surface area contributed by atoms with Crippen LogP contribution in [-0.2, 0) is 6.42 Å². The quantitative estimate of drug-likeness (QED) is 0.880. The van der Waals surface area contributed by atoms with Crippen LogP contribution in [0, 0.1) is 0 Å². The fraction of sp³-hybridized carbons (Fsp3) is 0.429. The van der Waals surface area contributed by atoms with Crippen LogP contribution >= 0.6 is 0 Å². The molecule has 1 saturated heterocycles. The second-order valence-electron chi connectivity index (χ2n) is 5.00. The Labute approximate surface area is 116 Å². The number of nitrogens with zero attached hydrogens (tertiary/aromatic N) is 2. The summed E-state index contributed by atoms with van der Waals surface area (Å²) in [5, 5.41) is 12.7. The SMILES string of the molecule is COc1ccc2c(C(=O)O)nc(CC3CCCN3)n2c1. The molecule has 1 aliphatic heterocycles. The monoisotopic (exact) mass is 275 g/mol. The van der Waals surface area contributed by atoms with E-state index < -0.39 is 5.97 Å². The fourth-order valence-electron chi connectivity index (χ4n) is 2.70. The lowest BCUT2D eigenvalue weighted by Gasteiger charge is -2.09. The average Bonchev–Trinajstić information content (AvgIpc) is 3.07. The third kappa shape index (κ3) is 2.22. The minimum Gasteiger partial charge on any atom is -0.495 e. The predicted molar refractivity (Wildman–Crippen MR) is 73.4 cm³/mol. The van der Waals surface area contributed by atoms with Crippen molar-refractivity contribution in [3.63, 3.8) is 0 Å². The molecule has 1 aliphatic rings. The molecule has 1 atom stereocenters. The van der Waals surface area contributed by atoms with Crippen LogP contribution in [0.25, 0.3) is 5.52 Å². The molecule has 0 aliphatic carbocycles. The van der Waals surface area contributed by atoms with E-state index in [4.69, 9.17) is 4.74 Å². The molecule has 3 heterocycles. The summed E-state index contributed by atoms with van der Waals surface area (Å²) in [7, 11) is 1.59. The van der Waals surface area contributed by atoms with Gasteiger partial charge in [0.15, 0.2) is 5.69 Å². The fourth-order valence-corrected chi connectivity index (χ4v) is 2.70. The third-order valence-electron chi connectivity index (χ3n) is 3.71. The number of aromatic nitrogens is 2. The molecule has 0 bridgehead atoms. The van der Waals surface area contributed by atoms with Gasteiger partial charge in [-0.25, -0.2) is 9.78 Å². The first-order chi connectivity index (χ1) is 9.69. The van der Waals surface area contributed by atoms with Crippen LogP contribution < -0.4 is 10.1 Å². The van der Waals surface area contributed by atoms with Gasteiger partial charge < -0.3 is 15.2 Å². The molecule has 3 rings (SSSR count). The van der Waals surface area contributed by atoms with Crippen molar-refractivity contribution in [3.05, 3.63) is 29.8 Å². The zero-order valence-corrected chi connectivity index (χ0v) is 11.3. The van der Waals surface area contributed by atoms with Gasteiger partial charge in [0.05, 0.1) is 18.8 Å². The van der Waals surface area contributed by atoms with Crippen LogP contribution in [0.3, 0.4) is 0 Å². The Morgan fingerprint density at radius 3 is 3.10 bits per heavy atom. The van der Waals surface area contributed by atoms with Crippen molar-refractivity contribution in [2.45, 2.75) is 25.3 Å². The molecule has 106 valence electrons. The van der Waals surface area contributed by atoms with Crippen molar-refractivity contribution in [1.82, 2.24) is 14.7 Å². The molecule has 0 saturated carbocycles. The van der Waals surface area contributed by atoms with E-state index in [0.717, 1.165) is 31.6 Å². The Balaban J connectivity index is 2.06. The second kappa shape index (κ2) is 5.13. The van der Waals surface area contributed by atoms with Gasteiger partial charge >= 0.3 is 5.97 Å². The van der Waals surface area contributed by atoms with Gasteiger partial charge in [-0.15, -0.1) is 0 Å². The van der Waals surface area contributed by atoms with Crippen molar-refractivity contribution in [2.24, 2.45) is 0 Å². The van der Waals surface area contributed by atoms with Gasteiger partial charge in [-0.1, -0.05) is 0 Å². The molecule has 6 heteroatoms. The third-order valence-corrected chi connectivity index (χ3v) is 3.71. The number of nitrogens with one attached hydrogen (secondary N) is 1. The van der Waals surface area contributed by atoms with Crippen LogP contribution in [-0.4, -0.2) is 40.2 Å². The van der Waals surface area contributed by atoms with E-state index in [9.17, 15) is 9.90 Å². The molecular formula is C14H17N3O3. The number of imidazole rings is 1. The molecule has 1 fully saturated rings. The molecule has 0 radical (unpaired) electrons. The van der Waals surface area contributed by atoms with E-state index in [1.54, 1.807) is 25.4 Å². The van der Waals surface area contributed by atoms with Gasteiger partial charge in [0.1, 0.15) is 11.6 Å². The van der Waals surface area contributed by atoms with Crippen LogP contribution in [0.1, 0.15) is 29.2 Å². The number of fused-ring (bicyclic) bond motifs is 1. The molecule has 6 nitrogen and oxygen atoms in total. The first kappa shape index (κ1) is 12.9. The Bertz CT molecular complexity index is 644. The molecule has 20 heavy (non-hydrogen) atoms. The summed E-state index contributed by atoms with van der Waals surface area (Å²) in [6.07, 6.45) is 4.77. The minimum absolute atomic E-state index is 0.0978. The van der Waals surface area contributed by atoms with E-state index in [0.29, 0.717) is 17.3 Å². The predicted octanol–water partition coefficient (Wildman–Crippen LogP) is 1.34. The van der Waals surface area contributed by atoms with Crippen molar-refractivity contribution >= 4 is 11.5 Å². The van der Waals surface area contributed by atoms with Gasteiger partial charge in [-0.05, 0) is 31.5 Å². The lowest BCUT2D eigenvalue weighted by atomic mass is 10.1. The van der Waals surface area contributed by atoms with Crippen molar-refractivity contribution in [3.8, 4) is 5.75 Å². The van der Waals surface area contributed by atoms with Gasteiger partial charge in [-0.2, -0.15) is 0 Å². The lowest BCUT2D eigenvalue weighted by Crippen LogP contribution is -2.24. The van der Waals surface area contributed by atoms with Gasteiger partial charge in [0.25, 0.3) is 0 Å². The van der Waals surface area contributed by atoms with Crippen molar-refractivity contribution < 1.29 is 14.6 Å². The molecule has 2 aromatic rings. The number of carboxylic acid groups (broad SMARTS) is 1. The average molecular weight is 275 g/mol. The number of methoxy groups -OCH3 is 1. The maximum absolute atomic E-state index is 11.3. The molecule has 0 amide bonds. The Morgan fingerprint density at radius 1 is 1.60 bits per heavy atom. The zero-order chi connectivity index (χ0) is 14.1. The molecule has 2 aromatic heterocycles. The molecule has 0 spiro atoms. The normalized spacial score (nSPS) is 18.6. The topological polar surface area (TPSA) is 75.9 Å². The van der Waals surface area contributed by atoms with E-state index >= 15 is 0 Å². The number of hydrogen-bond acceptors (Lipinski definition) is 4. The van der Waals surface area contributed by atoms with E-state index in [1.807, 2.05) is 4.40 Å². The number of rotatable bonds is 4. The summed E-state index contributed by atoms with van der Waals surface area (Å²) in [6.45, 7) is 1.02. The van der Waals surface area contributed by atoms with E-state index in [1.165, 1.54) is 0 Å². The highest BCUT2D eigenvalue weighted by atomic mass is 16.5.